The monoisotopic (exact) mass is 143 g/mol. The van der Waals surface area contributed by atoms with Crippen LogP contribution in [0.15, 0.2) is 21.5 Å². The van der Waals surface area contributed by atoms with Crippen molar-refractivity contribution >= 4 is 0 Å². The molecule has 0 aliphatic carbocycles. The molecule has 0 bridgehead atoms. The van der Waals surface area contributed by atoms with E-state index >= 15 is 0 Å². The Morgan fingerprint density at radius 2 is 2.60 bits per heavy atom. The topological polar surface area (TPSA) is 39.4 Å². The van der Waals surface area contributed by atoms with Crippen molar-refractivity contribution in [3.63, 3.8) is 0 Å². The van der Waals surface area contributed by atoms with Crippen LogP contribution in [-0.4, -0.2) is 7.04 Å². The van der Waals surface area contributed by atoms with Crippen molar-refractivity contribution in [2.24, 2.45) is 0 Å². The molecule has 0 N–H and O–H groups in total. The third kappa shape index (κ3) is 1.03. The highest BCUT2D eigenvalue weighted by Crippen LogP contribution is 2.08. The second kappa shape index (κ2) is 2.56. The number of rotatable bonds is 1. The van der Waals surface area contributed by atoms with E-state index in [0.29, 0.717) is 0 Å². The molecule has 0 aromatic carbocycles. The number of ether oxygens (including phenoxy) is 1. The molecule has 0 saturated carbocycles. The summed E-state index contributed by atoms with van der Waals surface area (Å²) in [6.45, 7) is 1.46. The van der Waals surface area contributed by atoms with Gasteiger partial charge in [-0.05, 0) is 6.92 Å². The van der Waals surface area contributed by atoms with Gasteiger partial charge in [0.05, 0.1) is 17.4 Å². The fourth-order valence-electron chi connectivity index (χ4n) is 0.623. The summed E-state index contributed by atoms with van der Waals surface area (Å²) in [5.74, 6) is -0.105. The van der Waals surface area contributed by atoms with E-state index in [1.807, 2.05) is 0 Å². The number of hydrogen-bond donors (Lipinski definition) is 0. The third-order valence-corrected chi connectivity index (χ3v) is 1.11. The minimum Gasteiger partial charge on any atom is -0.490 e. The molecule has 0 amide bonds. The summed E-state index contributed by atoms with van der Waals surface area (Å²) in [5.41, 5.74) is -0.500. The lowest BCUT2D eigenvalue weighted by Crippen LogP contribution is -2.04. The second-order valence-corrected chi connectivity index (χ2v) is 1.77. The molecule has 1 aromatic rings. The normalized spacial score (nSPS) is 15.1. The molecule has 1 aromatic heterocycles. The first-order valence-corrected chi connectivity index (χ1v) is 2.67. The van der Waals surface area contributed by atoms with E-state index in [-0.39, 0.29) is 11.5 Å². The van der Waals surface area contributed by atoms with E-state index in [2.05, 4.69) is 4.74 Å². The summed E-state index contributed by atoms with van der Waals surface area (Å²) < 4.78 is 29.6. The molecule has 0 fully saturated rings. The molecule has 0 aliphatic heterocycles. The molecule has 1 heterocycles. The second-order valence-electron chi connectivity index (χ2n) is 1.77. The quantitative estimate of drug-likeness (QED) is 0.587. The Balaban J connectivity index is 3.08. The van der Waals surface area contributed by atoms with Crippen LogP contribution in [0, 0.1) is 6.92 Å². The van der Waals surface area contributed by atoms with Gasteiger partial charge < -0.3 is 9.15 Å². The lowest BCUT2D eigenvalue weighted by molar-refractivity contribution is 0.375. The summed E-state index contributed by atoms with van der Waals surface area (Å²) >= 11 is 0. The Labute approximate surface area is 62.5 Å². The Hall–Kier alpha value is -1.25. The molecular weight excluding hydrogens is 132 g/mol. The number of methoxy groups -OCH3 is 1. The third-order valence-electron chi connectivity index (χ3n) is 1.11. The SMILES string of the molecule is [2H]C([2H])([2H])Oc1c(C)occc1=O. The van der Waals surface area contributed by atoms with Gasteiger partial charge in [-0.2, -0.15) is 0 Å². The molecule has 3 heteroatoms. The zero-order valence-corrected chi connectivity index (χ0v) is 5.38. The van der Waals surface area contributed by atoms with Crippen molar-refractivity contribution < 1.29 is 13.3 Å². The maximum absolute atomic E-state index is 11.1. The highest BCUT2D eigenvalue weighted by atomic mass is 16.5. The van der Waals surface area contributed by atoms with Crippen LogP contribution in [0.25, 0.3) is 0 Å². The summed E-state index contributed by atoms with van der Waals surface area (Å²) in [5, 5.41) is 0. The van der Waals surface area contributed by atoms with Crippen LogP contribution < -0.4 is 10.2 Å². The molecule has 54 valence electrons. The first-order valence-electron chi connectivity index (χ1n) is 4.17. The zero-order valence-electron chi connectivity index (χ0n) is 8.38. The van der Waals surface area contributed by atoms with E-state index in [0.717, 1.165) is 6.07 Å². The maximum Gasteiger partial charge on any atom is 0.226 e. The summed E-state index contributed by atoms with van der Waals surface area (Å²) in [7, 11) is -2.62. The van der Waals surface area contributed by atoms with Gasteiger partial charge in [-0.15, -0.1) is 0 Å². The summed E-state index contributed by atoms with van der Waals surface area (Å²) in [6.07, 6.45) is 1.18. The van der Waals surface area contributed by atoms with Crippen LogP contribution in [0.3, 0.4) is 0 Å². The van der Waals surface area contributed by atoms with Crippen LogP contribution in [-0.2, 0) is 0 Å². The van der Waals surface area contributed by atoms with Crippen molar-refractivity contribution in [2.45, 2.75) is 6.92 Å². The average molecular weight is 143 g/mol. The Bertz CT molecular complexity index is 353. The zero-order chi connectivity index (χ0) is 10.1. The van der Waals surface area contributed by atoms with Gasteiger partial charge in [0.2, 0.25) is 11.2 Å². The van der Waals surface area contributed by atoms with Crippen molar-refractivity contribution in [3.05, 3.63) is 28.3 Å². The van der Waals surface area contributed by atoms with Crippen molar-refractivity contribution in [2.75, 3.05) is 7.04 Å². The fourth-order valence-corrected chi connectivity index (χ4v) is 0.623. The minimum atomic E-state index is -2.62. The lowest BCUT2D eigenvalue weighted by Gasteiger charge is -1.98. The fraction of sp³-hybridized carbons (Fsp3) is 0.286. The van der Waals surface area contributed by atoms with Gasteiger partial charge in [-0.3, -0.25) is 4.79 Å². The van der Waals surface area contributed by atoms with E-state index in [1.165, 1.54) is 13.2 Å². The Kier molecular flexibility index (Phi) is 0.974. The van der Waals surface area contributed by atoms with Gasteiger partial charge in [0.1, 0.15) is 5.76 Å². The predicted octanol–water partition coefficient (Wildman–Crippen LogP) is 0.957. The van der Waals surface area contributed by atoms with Crippen LogP contribution >= 0.6 is 0 Å². The van der Waals surface area contributed by atoms with Crippen LogP contribution in [0.5, 0.6) is 5.75 Å². The van der Waals surface area contributed by atoms with E-state index in [4.69, 9.17) is 8.53 Å². The van der Waals surface area contributed by atoms with E-state index < -0.39 is 12.5 Å². The average Bonchev–Trinajstić information content (AvgIpc) is 1.95. The van der Waals surface area contributed by atoms with Crippen molar-refractivity contribution in [1.82, 2.24) is 0 Å². The molecule has 1 rings (SSSR count). The number of aryl methyl sites for hydroxylation is 1. The lowest BCUT2D eigenvalue weighted by atomic mass is 10.4. The van der Waals surface area contributed by atoms with Crippen molar-refractivity contribution in [3.8, 4) is 5.75 Å². The van der Waals surface area contributed by atoms with Gasteiger partial charge in [0, 0.05) is 6.07 Å². The minimum absolute atomic E-state index is 0.156. The molecule has 0 aliphatic rings. The van der Waals surface area contributed by atoms with Gasteiger partial charge in [-0.1, -0.05) is 0 Å². The summed E-state index contributed by atoms with van der Waals surface area (Å²) in [4.78, 5) is 11.1. The standard InChI is InChI=1S/C7H8O3/c1-5-7(9-2)6(8)3-4-10-5/h3-4H,1-2H3/i2D3. The first kappa shape index (κ1) is 3.81. The largest absolute Gasteiger partial charge is 0.490 e. The highest BCUT2D eigenvalue weighted by molar-refractivity contribution is 5.22. The molecular formula is C7H8O3. The first-order chi connectivity index (χ1) is 5.90. The molecule has 0 atom stereocenters. The molecule has 0 radical (unpaired) electrons. The van der Waals surface area contributed by atoms with E-state index in [1.54, 1.807) is 0 Å². The molecule has 0 saturated heterocycles. The van der Waals surface area contributed by atoms with Crippen LogP contribution in [0.2, 0.25) is 0 Å². The predicted molar refractivity (Wildman–Crippen MR) is 36.3 cm³/mol. The van der Waals surface area contributed by atoms with Crippen molar-refractivity contribution in [1.29, 1.82) is 0 Å². The van der Waals surface area contributed by atoms with Gasteiger partial charge in [-0.25, -0.2) is 0 Å². The maximum atomic E-state index is 11.1. The molecule has 0 spiro atoms. The Morgan fingerprint density at radius 1 is 1.80 bits per heavy atom. The highest BCUT2D eigenvalue weighted by Gasteiger charge is 2.02. The van der Waals surface area contributed by atoms with Crippen LogP contribution in [0.1, 0.15) is 9.87 Å². The smallest absolute Gasteiger partial charge is 0.226 e. The Morgan fingerprint density at radius 3 is 3.20 bits per heavy atom. The van der Waals surface area contributed by atoms with Gasteiger partial charge in [0.25, 0.3) is 0 Å². The molecule has 10 heavy (non-hydrogen) atoms. The van der Waals surface area contributed by atoms with Gasteiger partial charge >= 0.3 is 0 Å². The van der Waals surface area contributed by atoms with Gasteiger partial charge in [0.15, 0.2) is 0 Å². The number of hydrogen-bond acceptors (Lipinski definition) is 3. The molecule has 0 unspecified atom stereocenters. The van der Waals surface area contributed by atoms with Crippen LogP contribution in [0.4, 0.5) is 0 Å². The summed E-state index contributed by atoms with van der Waals surface area (Å²) in [6, 6.07) is 1.11. The molecule has 3 nitrogen and oxygen atoms in total. The van der Waals surface area contributed by atoms with E-state index in [9.17, 15) is 4.79 Å².